The number of ether oxygens (including phenoxy) is 1. The fraction of sp³-hybridized carbons (Fsp3) is 0.310. The Morgan fingerprint density at radius 3 is 2.28 bits per heavy atom. The van der Waals surface area contributed by atoms with Crippen LogP contribution in [0.25, 0.3) is 0 Å². The van der Waals surface area contributed by atoms with Gasteiger partial charge < -0.3 is 15.0 Å². The van der Waals surface area contributed by atoms with E-state index in [2.05, 4.69) is 5.32 Å². The normalized spacial score (nSPS) is 12.5. The average molecular weight is 527 g/mol. The number of rotatable bonds is 11. The minimum absolute atomic E-state index is 0.0200. The highest BCUT2D eigenvalue weighted by atomic mass is 35.5. The molecule has 0 spiro atoms. The molecule has 3 aromatic carbocycles. The fourth-order valence-corrected chi connectivity index (χ4v) is 4.32. The Morgan fingerprint density at radius 1 is 0.972 bits per heavy atom. The lowest BCUT2D eigenvalue weighted by Crippen LogP contribution is -2.52. The van der Waals surface area contributed by atoms with Crippen molar-refractivity contribution in [1.82, 2.24) is 10.2 Å². The molecule has 5 nitrogen and oxygen atoms in total. The molecule has 3 aromatic rings. The summed E-state index contributed by atoms with van der Waals surface area (Å²) in [6.45, 7) is 4.14. The van der Waals surface area contributed by atoms with E-state index >= 15 is 0 Å². The van der Waals surface area contributed by atoms with E-state index in [-0.39, 0.29) is 30.8 Å². The lowest BCUT2D eigenvalue weighted by Gasteiger charge is -2.32. The molecule has 0 aliphatic heterocycles. The molecule has 0 saturated heterocycles. The standard InChI is InChI=1S/C29H32Cl2N2O3/c1-4-20(2)32-29(35)27(16-21-8-6-5-7-9-21)33(19-23-12-13-24(30)18-26(23)31)28(34)17-22-10-14-25(36-3)15-11-22/h5-15,18,20,27H,4,16-17,19H2,1-3H3,(H,32,35). The van der Waals surface area contributed by atoms with Gasteiger partial charge in [0.25, 0.3) is 0 Å². The Bertz CT molecular complexity index is 1150. The van der Waals surface area contributed by atoms with Gasteiger partial charge in [0.15, 0.2) is 0 Å². The van der Waals surface area contributed by atoms with Crippen LogP contribution in [0.15, 0.2) is 72.8 Å². The van der Waals surface area contributed by atoms with Gasteiger partial charge in [-0.25, -0.2) is 0 Å². The van der Waals surface area contributed by atoms with Crippen molar-refractivity contribution in [3.63, 3.8) is 0 Å². The zero-order valence-corrected chi connectivity index (χ0v) is 22.4. The van der Waals surface area contributed by atoms with Gasteiger partial charge in [-0.05, 0) is 54.3 Å². The van der Waals surface area contributed by atoms with Crippen LogP contribution in [0, 0.1) is 0 Å². The lowest BCUT2D eigenvalue weighted by atomic mass is 10.0. The Hall–Kier alpha value is -3.02. The van der Waals surface area contributed by atoms with Crippen LogP contribution in [-0.2, 0) is 29.0 Å². The van der Waals surface area contributed by atoms with Gasteiger partial charge in [-0.15, -0.1) is 0 Å². The molecule has 0 fully saturated rings. The van der Waals surface area contributed by atoms with Crippen LogP contribution in [0.3, 0.4) is 0 Å². The van der Waals surface area contributed by atoms with Gasteiger partial charge in [0.1, 0.15) is 11.8 Å². The number of carbonyl (C=O) groups is 2. The molecule has 3 rings (SSSR count). The third-order valence-corrected chi connectivity index (χ3v) is 6.73. The molecule has 0 radical (unpaired) electrons. The van der Waals surface area contributed by atoms with Crippen LogP contribution in [0.1, 0.15) is 37.0 Å². The predicted octanol–water partition coefficient (Wildman–Crippen LogP) is 6.10. The average Bonchev–Trinajstić information content (AvgIpc) is 2.88. The summed E-state index contributed by atoms with van der Waals surface area (Å²) in [5.74, 6) is 0.346. The minimum atomic E-state index is -0.723. The first kappa shape index (κ1) is 27.6. The summed E-state index contributed by atoms with van der Waals surface area (Å²) >= 11 is 12.6. The van der Waals surface area contributed by atoms with Crippen molar-refractivity contribution >= 4 is 35.0 Å². The molecule has 36 heavy (non-hydrogen) atoms. The second-order valence-electron chi connectivity index (χ2n) is 8.81. The van der Waals surface area contributed by atoms with Gasteiger partial charge in [-0.1, -0.05) is 78.7 Å². The van der Waals surface area contributed by atoms with E-state index in [9.17, 15) is 9.59 Å². The largest absolute Gasteiger partial charge is 0.497 e. The number of nitrogens with zero attached hydrogens (tertiary/aromatic N) is 1. The van der Waals surface area contributed by atoms with Crippen molar-refractivity contribution in [3.05, 3.63) is 99.5 Å². The number of benzene rings is 3. The molecular formula is C29H32Cl2N2O3. The van der Waals surface area contributed by atoms with E-state index in [4.69, 9.17) is 27.9 Å². The predicted molar refractivity (Wildman–Crippen MR) is 146 cm³/mol. The van der Waals surface area contributed by atoms with Crippen LogP contribution in [0.5, 0.6) is 5.75 Å². The van der Waals surface area contributed by atoms with Crippen LogP contribution in [-0.4, -0.2) is 35.9 Å². The molecular weight excluding hydrogens is 495 g/mol. The molecule has 0 bridgehead atoms. The maximum absolute atomic E-state index is 13.8. The summed E-state index contributed by atoms with van der Waals surface area (Å²) in [7, 11) is 1.60. The molecule has 0 aliphatic carbocycles. The molecule has 0 saturated carbocycles. The maximum atomic E-state index is 13.8. The van der Waals surface area contributed by atoms with Crippen molar-refractivity contribution in [2.24, 2.45) is 0 Å². The van der Waals surface area contributed by atoms with Gasteiger partial charge in [0, 0.05) is 29.1 Å². The zero-order valence-electron chi connectivity index (χ0n) is 20.8. The third-order valence-electron chi connectivity index (χ3n) is 6.14. The summed E-state index contributed by atoms with van der Waals surface area (Å²) in [6.07, 6.45) is 1.30. The van der Waals surface area contributed by atoms with Gasteiger partial charge in [-0.2, -0.15) is 0 Å². The van der Waals surface area contributed by atoms with E-state index in [1.165, 1.54) is 0 Å². The van der Waals surface area contributed by atoms with E-state index in [1.54, 1.807) is 30.2 Å². The summed E-state index contributed by atoms with van der Waals surface area (Å²) < 4.78 is 5.23. The Kier molecular flexibility index (Phi) is 10.2. The number of nitrogens with one attached hydrogen (secondary N) is 1. The topological polar surface area (TPSA) is 58.6 Å². The number of hydrogen-bond donors (Lipinski definition) is 1. The molecule has 0 aromatic heterocycles. The van der Waals surface area contributed by atoms with Gasteiger partial charge in [0.05, 0.1) is 13.5 Å². The number of hydrogen-bond acceptors (Lipinski definition) is 3. The summed E-state index contributed by atoms with van der Waals surface area (Å²) in [5, 5.41) is 4.03. The molecule has 2 atom stereocenters. The number of methoxy groups -OCH3 is 1. The Labute approximate surface area is 223 Å². The molecule has 190 valence electrons. The second kappa shape index (κ2) is 13.3. The highest BCUT2D eigenvalue weighted by Crippen LogP contribution is 2.25. The Morgan fingerprint density at radius 2 is 1.67 bits per heavy atom. The first-order chi connectivity index (χ1) is 17.3. The summed E-state index contributed by atoms with van der Waals surface area (Å²) in [4.78, 5) is 29.0. The highest BCUT2D eigenvalue weighted by Gasteiger charge is 2.31. The SMILES string of the molecule is CCC(C)NC(=O)C(Cc1ccccc1)N(Cc1ccc(Cl)cc1Cl)C(=O)Cc1ccc(OC)cc1. The second-order valence-corrected chi connectivity index (χ2v) is 9.65. The monoisotopic (exact) mass is 526 g/mol. The quantitative estimate of drug-likeness (QED) is 0.328. The zero-order chi connectivity index (χ0) is 26.1. The van der Waals surface area contributed by atoms with E-state index in [0.29, 0.717) is 22.2 Å². The van der Waals surface area contributed by atoms with Crippen LogP contribution < -0.4 is 10.1 Å². The van der Waals surface area contributed by atoms with Gasteiger partial charge in [-0.3, -0.25) is 9.59 Å². The van der Waals surface area contributed by atoms with Crippen molar-refractivity contribution in [3.8, 4) is 5.75 Å². The number of carbonyl (C=O) groups excluding carboxylic acids is 2. The van der Waals surface area contributed by atoms with Gasteiger partial charge in [0.2, 0.25) is 11.8 Å². The van der Waals surface area contributed by atoms with Crippen LogP contribution in [0.4, 0.5) is 0 Å². The molecule has 0 heterocycles. The van der Waals surface area contributed by atoms with E-state index < -0.39 is 6.04 Å². The Balaban J connectivity index is 1.98. The van der Waals surface area contributed by atoms with Crippen LogP contribution in [0.2, 0.25) is 10.0 Å². The molecule has 0 aliphatic rings. The van der Waals surface area contributed by atoms with Crippen molar-refractivity contribution < 1.29 is 14.3 Å². The van der Waals surface area contributed by atoms with Crippen molar-refractivity contribution in [2.45, 2.75) is 51.7 Å². The molecule has 2 unspecified atom stereocenters. The van der Waals surface area contributed by atoms with E-state index in [0.717, 1.165) is 23.1 Å². The van der Waals surface area contributed by atoms with E-state index in [1.807, 2.05) is 68.4 Å². The first-order valence-electron chi connectivity index (χ1n) is 12.0. The first-order valence-corrected chi connectivity index (χ1v) is 12.8. The molecule has 2 amide bonds. The summed E-state index contributed by atoms with van der Waals surface area (Å²) in [6, 6.07) is 21.5. The molecule has 1 N–H and O–H groups in total. The van der Waals surface area contributed by atoms with Gasteiger partial charge >= 0.3 is 0 Å². The summed E-state index contributed by atoms with van der Waals surface area (Å²) in [5.41, 5.74) is 2.51. The smallest absolute Gasteiger partial charge is 0.243 e. The van der Waals surface area contributed by atoms with Crippen LogP contribution >= 0.6 is 23.2 Å². The minimum Gasteiger partial charge on any atom is -0.497 e. The fourth-order valence-electron chi connectivity index (χ4n) is 3.85. The molecule has 7 heteroatoms. The number of halogens is 2. The van der Waals surface area contributed by atoms with Crippen molar-refractivity contribution in [2.75, 3.05) is 7.11 Å². The van der Waals surface area contributed by atoms with Crippen molar-refractivity contribution in [1.29, 1.82) is 0 Å². The lowest BCUT2D eigenvalue weighted by molar-refractivity contribution is -0.141. The highest BCUT2D eigenvalue weighted by molar-refractivity contribution is 6.35. The number of amides is 2. The maximum Gasteiger partial charge on any atom is 0.243 e. The third kappa shape index (κ3) is 7.74.